The monoisotopic (exact) mass is 826 g/mol. The molecule has 0 aromatic heterocycles. The first-order valence-corrected chi connectivity index (χ1v) is 21.9. The van der Waals surface area contributed by atoms with Gasteiger partial charge in [-0.25, -0.2) is 4.79 Å². The zero-order valence-electron chi connectivity index (χ0n) is 38.2. The summed E-state index contributed by atoms with van der Waals surface area (Å²) >= 11 is 0. The van der Waals surface area contributed by atoms with Gasteiger partial charge in [0.15, 0.2) is 0 Å². The fourth-order valence-electron chi connectivity index (χ4n) is 6.57. The Kier molecular flexibility index (Phi) is 18.1. The van der Waals surface area contributed by atoms with Gasteiger partial charge in [-0.15, -0.1) is 0 Å². The van der Waals surface area contributed by atoms with Crippen LogP contribution < -0.4 is 4.74 Å². The van der Waals surface area contributed by atoms with Crippen molar-refractivity contribution in [2.45, 2.75) is 87.0 Å². The van der Waals surface area contributed by atoms with Gasteiger partial charge in [-0.3, -0.25) is 0 Å². The second-order valence-electron chi connectivity index (χ2n) is 15.9. The Morgan fingerprint density at radius 3 is 1.27 bits per heavy atom. The van der Waals surface area contributed by atoms with Crippen LogP contribution in [-0.4, -0.2) is 19.7 Å². The van der Waals surface area contributed by atoms with E-state index in [0.29, 0.717) is 5.56 Å². The van der Waals surface area contributed by atoms with Crippen LogP contribution >= 0.6 is 0 Å². The molecule has 63 heavy (non-hydrogen) atoms. The smallest absolute Gasteiger partial charge is 0.337 e. The highest BCUT2D eigenvalue weighted by molar-refractivity contribution is 5.89. The standard InChI is InChI=1S/C44H34.C16H24O3/c1-31-7-9-34(4)41(27-31)23-19-37-11-15-39(16-12-37)21-25-43-29-33(3)30-44(36(43)6)26-22-40-17-13-38(14-18-40)20-24-42-28-32(2)8-10-35(42)5;1-3-4-5-6-7-8-13-19-15-11-9-14(10-12-15)16(17)18-2/h7-18,27-30H,1-6H3;9-12H,3-8,13H2,1-2H3. The molecule has 0 spiro atoms. The SMILES string of the molecule is CCCCCCCCOc1ccc(C(=O)OC)cc1.Cc1ccc(C)c(C#Cc2ccc(C#Cc3cc(C)cc(C#Cc4ccc(C#Cc5cc(C)ccc5C)cc4)c3C)cc2)c1. The molecule has 0 radical (unpaired) electrons. The van der Waals surface area contributed by atoms with E-state index < -0.39 is 0 Å². The zero-order valence-corrected chi connectivity index (χ0v) is 38.2. The highest BCUT2D eigenvalue weighted by Gasteiger charge is 2.05. The number of ether oxygens (including phenoxy) is 2. The number of hydrogen-bond acceptors (Lipinski definition) is 3. The molecule has 0 saturated carbocycles. The van der Waals surface area contributed by atoms with Crippen LogP contribution in [0.2, 0.25) is 0 Å². The third-order valence-electron chi connectivity index (χ3n) is 10.5. The van der Waals surface area contributed by atoms with Gasteiger partial charge < -0.3 is 9.47 Å². The lowest BCUT2D eigenvalue weighted by Crippen LogP contribution is -2.01. The molecule has 0 saturated heterocycles. The maximum atomic E-state index is 11.2. The van der Waals surface area contributed by atoms with Crippen LogP contribution in [0.4, 0.5) is 0 Å². The minimum Gasteiger partial charge on any atom is -0.494 e. The number of rotatable bonds is 9. The van der Waals surface area contributed by atoms with Crippen molar-refractivity contribution in [1.29, 1.82) is 0 Å². The Labute approximate surface area is 377 Å². The van der Waals surface area contributed by atoms with E-state index in [2.05, 4.69) is 149 Å². The molecule has 316 valence electrons. The Hall–Kier alpha value is -7.17. The normalized spacial score (nSPS) is 9.90. The molecule has 0 unspecified atom stereocenters. The number of unbranched alkanes of at least 4 members (excludes halogenated alkanes) is 5. The highest BCUT2D eigenvalue weighted by Crippen LogP contribution is 2.18. The molecule has 0 amide bonds. The fraction of sp³-hybridized carbons (Fsp3) is 0.250. The Morgan fingerprint density at radius 1 is 0.444 bits per heavy atom. The number of methoxy groups -OCH3 is 1. The molecule has 0 heterocycles. The number of hydrogen-bond donors (Lipinski definition) is 0. The minimum atomic E-state index is -0.317. The van der Waals surface area contributed by atoms with Crippen LogP contribution in [0, 0.1) is 88.9 Å². The lowest BCUT2D eigenvalue weighted by molar-refractivity contribution is 0.0600. The van der Waals surface area contributed by atoms with Gasteiger partial charge in [-0.1, -0.05) is 111 Å². The summed E-state index contributed by atoms with van der Waals surface area (Å²) in [6.07, 6.45) is 7.53. The third-order valence-corrected chi connectivity index (χ3v) is 10.5. The van der Waals surface area contributed by atoms with Gasteiger partial charge in [0.1, 0.15) is 5.75 Å². The molecule has 6 aromatic carbocycles. The average Bonchev–Trinajstić information content (AvgIpc) is 3.29. The van der Waals surface area contributed by atoms with E-state index >= 15 is 0 Å². The minimum absolute atomic E-state index is 0.317. The lowest BCUT2D eigenvalue weighted by atomic mass is 9.99. The topological polar surface area (TPSA) is 35.5 Å². The van der Waals surface area contributed by atoms with Crippen LogP contribution in [-0.2, 0) is 4.74 Å². The maximum absolute atomic E-state index is 11.2. The van der Waals surface area contributed by atoms with Crippen molar-refractivity contribution in [2.75, 3.05) is 13.7 Å². The van der Waals surface area contributed by atoms with Gasteiger partial charge in [0, 0.05) is 44.5 Å². The molecule has 3 nitrogen and oxygen atoms in total. The molecule has 0 N–H and O–H groups in total. The van der Waals surface area contributed by atoms with E-state index in [1.54, 1.807) is 12.1 Å². The Bertz CT molecular complexity index is 2590. The van der Waals surface area contributed by atoms with Crippen LogP contribution in [0.1, 0.15) is 134 Å². The Morgan fingerprint density at radius 2 is 0.841 bits per heavy atom. The highest BCUT2D eigenvalue weighted by atomic mass is 16.5. The molecular weight excluding hydrogens is 769 g/mol. The number of esters is 1. The first kappa shape index (κ1) is 46.9. The van der Waals surface area contributed by atoms with Crippen LogP contribution in [0.5, 0.6) is 5.75 Å². The van der Waals surface area contributed by atoms with Crippen molar-refractivity contribution in [3.05, 3.63) is 205 Å². The van der Waals surface area contributed by atoms with E-state index in [9.17, 15) is 4.79 Å². The van der Waals surface area contributed by atoms with Crippen molar-refractivity contribution in [3.8, 4) is 53.1 Å². The molecule has 0 atom stereocenters. The first-order valence-electron chi connectivity index (χ1n) is 21.9. The van der Waals surface area contributed by atoms with E-state index in [1.807, 2.05) is 60.7 Å². The van der Waals surface area contributed by atoms with Gasteiger partial charge in [0.2, 0.25) is 0 Å². The number of carbonyl (C=O) groups is 1. The quantitative estimate of drug-likeness (QED) is 0.0827. The summed E-state index contributed by atoms with van der Waals surface area (Å²) in [4.78, 5) is 11.2. The third kappa shape index (κ3) is 15.4. The van der Waals surface area contributed by atoms with Gasteiger partial charge in [-0.05, 0) is 178 Å². The number of benzene rings is 6. The predicted octanol–water partition coefficient (Wildman–Crippen LogP) is 13.3. The molecule has 0 bridgehead atoms. The van der Waals surface area contributed by atoms with E-state index in [1.165, 1.54) is 61.5 Å². The number of carbonyl (C=O) groups excluding carboxylic acids is 1. The summed E-state index contributed by atoms with van der Waals surface area (Å²) in [6, 6.07) is 40.3. The molecule has 3 heteroatoms. The summed E-state index contributed by atoms with van der Waals surface area (Å²) in [5.41, 5.74) is 15.6. The molecular formula is C60H58O3. The number of aryl methyl sites for hydroxylation is 5. The summed E-state index contributed by atoms with van der Waals surface area (Å²) in [6.45, 7) is 15.5. The van der Waals surface area contributed by atoms with Crippen LogP contribution in [0.25, 0.3) is 0 Å². The first-order chi connectivity index (χ1) is 30.5. The van der Waals surface area contributed by atoms with Crippen LogP contribution in [0.3, 0.4) is 0 Å². The van der Waals surface area contributed by atoms with Gasteiger partial charge in [0.05, 0.1) is 19.3 Å². The summed E-state index contributed by atoms with van der Waals surface area (Å²) < 4.78 is 10.3. The predicted molar refractivity (Wildman–Crippen MR) is 261 cm³/mol. The lowest BCUT2D eigenvalue weighted by Gasteiger charge is -2.06. The van der Waals surface area contributed by atoms with Crippen molar-refractivity contribution in [1.82, 2.24) is 0 Å². The van der Waals surface area contributed by atoms with Gasteiger partial charge in [-0.2, -0.15) is 0 Å². The van der Waals surface area contributed by atoms with Crippen LogP contribution in [0.15, 0.2) is 121 Å². The molecule has 0 fully saturated rings. The van der Waals surface area contributed by atoms with Crippen molar-refractivity contribution in [3.63, 3.8) is 0 Å². The van der Waals surface area contributed by atoms with E-state index in [4.69, 9.17) is 4.74 Å². The fourth-order valence-corrected chi connectivity index (χ4v) is 6.57. The maximum Gasteiger partial charge on any atom is 0.337 e. The zero-order chi connectivity index (χ0) is 45.0. The second kappa shape index (κ2) is 24.3. The van der Waals surface area contributed by atoms with Crippen molar-refractivity contribution < 1.29 is 14.3 Å². The second-order valence-corrected chi connectivity index (χ2v) is 15.9. The van der Waals surface area contributed by atoms with Gasteiger partial charge in [0.25, 0.3) is 0 Å². The summed E-state index contributed by atoms with van der Waals surface area (Å²) in [5.74, 6) is 27.1. The van der Waals surface area contributed by atoms with E-state index in [-0.39, 0.29) is 5.97 Å². The summed E-state index contributed by atoms with van der Waals surface area (Å²) in [5, 5.41) is 0. The molecule has 0 aliphatic rings. The van der Waals surface area contributed by atoms with Crippen molar-refractivity contribution in [2.24, 2.45) is 0 Å². The molecule has 0 aliphatic carbocycles. The summed E-state index contributed by atoms with van der Waals surface area (Å²) in [7, 11) is 1.38. The molecule has 6 aromatic rings. The molecule has 6 rings (SSSR count). The van der Waals surface area contributed by atoms with Crippen molar-refractivity contribution >= 4 is 5.97 Å². The largest absolute Gasteiger partial charge is 0.494 e. The average molecular weight is 827 g/mol. The van der Waals surface area contributed by atoms with Gasteiger partial charge >= 0.3 is 5.97 Å². The Balaban J connectivity index is 0.000000330. The van der Waals surface area contributed by atoms with E-state index in [0.717, 1.165) is 74.4 Å². The molecule has 0 aliphatic heterocycles.